The number of nitro benzene ring substituents is 1. The van der Waals surface area contributed by atoms with Crippen molar-refractivity contribution < 1.29 is 18.4 Å². The lowest BCUT2D eigenvalue weighted by Gasteiger charge is -2.54. The summed E-state index contributed by atoms with van der Waals surface area (Å²) in [5, 5.41) is 21.0. The number of rotatable bonds is 7. The predicted molar refractivity (Wildman–Crippen MR) is 112 cm³/mol. The van der Waals surface area contributed by atoms with Gasteiger partial charge in [0.05, 0.1) is 11.5 Å². The molecular formula is C19H22BrN3O5S. The molecule has 0 amide bonds. The Morgan fingerprint density at radius 3 is 2.38 bits per heavy atom. The Kier molecular flexibility index (Phi) is 6.39. The number of aliphatic hydroxyl groups excluding tert-OH is 1. The third-order valence-electron chi connectivity index (χ3n) is 5.51. The molecule has 29 heavy (non-hydrogen) atoms. The highest BCUT2D eigenvalue weighted by Gasteiger charge is 2.47. The van der Waals surface area contributed by atoms with Crippen LogP contribution in [0.15, 0.2) is 57.9 Å². The van der Waals surface area contributed by atoms with E-state index in [0.29, 0.717) is 0 Å². The number of likely N-dealkylation sites (N-methyl/N-ethyl adjacent to an activating group) is 2. The van der Waals surface area contributed by atoms with Gasteiger partial charge in [0.2, 0.25) is 10.0 Å². The third-order valence-corrected chi connectivity index (χ3v) is 7.91. The zero-order valence-electron chi connectivity index (χ0n) is 16.0. The number of nitrogens with zero attached hydrogens (tertiary/aromatic N) is 3. The number of likely N-dealkylation sites (tertiary alicyclic amines) is 1. The first-order valence-corrected chi connectivity index (χ1v) is 11.2. The molecule has 1 aliphatic heterocycles. The zero-order valence-corrected chi connectivity index (χ0v) is 18.4. The quantitative estimate of drug-likeness (QED) is 0.478. The van der Waals surface area contributed by atoms with E-state index in [0.717, 1.165) is 14.3 Å². The molecule has 1 N–H and O–H groups in total. The number of sulfonamides is 1. The van der Waals surface area contributed by atoms with E-state index in [9.17, 15) is 23.6 Å². The maximum atomic E-state index is 13.0. The molecule has 1 saturated heterocycles. The fourth-order valence-electron chi connectivity index (χ4n) is 3.88. The van der Waals surface area contributed by atoms with Crippen molar-refractivity contribution >= 4 is 31.6 Å². The highest BCUT2D eigenvalue weighted by atomic mass is 79.9. The SMILES string of the molecule is CN1[C@H](CO)[C@H](c2ccc(Br)cc2)[C@@H]1CN(C)S(=O)(=O)c1ccccc1[N+](=O)[O-]. The van der Waals surface area contributed by atoms with Crippen molar-refractivity contribution in [2.24, 2.45) is 0 Å². The Morgan fingerprint density at radius 1 is 1.17 bits per heavy atom. The van der Waals surface area contributed by atoms with E-state index in [2.05, 4.69) is 15.9 Å². The molecule has 10 heteroatoms. The van der Waals surface area contributed by atoms with Crippen molar-refractivity contribution in [2.75, 3.05) is 27.2 Å². The number of para-hydroxylation sites is 1. The average molecular weight is 484 g/mol. The van der Waals surface area contributed by atoms with Crippen LogP contribution in [-0.2, 0) is 10.0 Å². The van der Waals surface area contributed by atoms with Crippen LogP contribution in [0, 0.1) is 10.1 Å². The van der Waals surface area contributed by atoms with Crippen molar-refractivity contribution in [2.45, 2.75) is 22.9 Å². The molecule has 0 radical (unpaired) electrons. The van der Waals surface area contributed by atoms with Crippen molar-refractivity contribution in [1.29, 1.82) is 0 Å². The van der Waals surface area contributed by atoms with Crippen LogP contribution in [0.3, 0.4) is 0 Å². The molecule has 3 atom stereocenters. The van der Waals surface area contributed by atoms with Gasteiger partial charge in [-0.25, -0.2) is 8.42 Å². The van der Waals surface area contributed by atoms with E-state index in [4.69, 9.17) is 0 Å². The second-order valence-electron chi connectivity index (χ2n) is 7.07. The van der Waals surface area contributed by atoms with Crippen LogP contribution < -0.4 is 0 Å². The Balaban J connectivity index is 1.87. The van der Waals surface area contributed by atoms with Gasteiger partial charge in [-0.1, -0.05) is 40.2 Å². The molecule has 1 fully saturated rings. The first kappa shape index (κ1) is 21.8. The van der Waals surface area contributed by atoms with Gasteiger partial charge in [-0.3, -0.25) is 15.0 Å². The lowest BCUT2D eigenvalue weighted by atomic mass is 9.75. The maximum absolute atomic E-state index is 13.0. The number of hydrogen-bond acceptors (Lipinski definition) is 6. The van der Waals surface area contributed by atoms with Gasteiger partial charge in [-0.05, 0) is 30.8 Å². The number of hydrogen-bond donors (Lipinski definition) is 1. The summed E-state index contributed by atoms with van der Waals surface area (Å²) in [6, 6.07) is 12.8. The van der Waals surface area contributed by atoms with Gasteiger partial charge in [0.1, 0.15) is 0 Å². The largest absolute Gasteiger partial charge is 0.395 e. The summed E-state index contributed by atoms with van der Waals surface area (Å²) < 4.78 is 28.1. The van der Waals surface area contributed by atoms with Crippen LogP contribution >= 0.6 is 15.9 Å². The molecular weight excluding hydrogens is 462 g/mol. The second kappa shape index (κ2) is 8.49. The monoisotopic (exact) mass is 483 g/mol. The molecule has 156 valence electrons. The van der Waals surface area contributed by atoms with Gasteiger partial charge < -0.3 is 5.11 Å². The highest BCUT2D eigenvalue weighted by Crippen LogP contribution is 2.40. The van der Waals surface area contributed by atoms with Gasteiger partial charge in [0.25, 0.3) is 5.69 Å². The predicted octanol–water partition coefficient (Wildman–Crippen LogP) is 2.44. The Morgan fingerprint density at radius 2 is 1.79 bits per heavy atom. The molecule has 2 aromatic rings. The third kappa shape index (κ3) is 4.08. The van der Waals surface area contributed by atoms with Crippen LogP contribution in [0.5, 0.6) is 0 Å². The minimum atomic E-state index is -4.05. The summed E-state index contributed by atoms with van der Waals surface area (Å²) in [6.45, 7) is 0.0937. The first-order valence-electron chi connectivity index (χ1n) is 8.96. The highest BCUT2D eigenvalue weighted by molar-refractivity contribution is 9.10. The van der Waals surface area contributed by atoms with Crippen LogP contribution in [0.25, 0.3) is 0 Å². The van der Waals surface area contributed by atoms with Crippen LogP contribution in [0.2, 0.25) is 0 Å². The van der Waals surface area contributed by atoms with Crippen LogP contribution in [0.4, 0.5) is 5.69 Å². The molecule has 2 aromatic carbocycles. The van der Waals surface area contributed by atoms with Crippen molar-refractivity contribution in [3.8, 4) is 0 Å². The molecule has 8 nitrogen and oxygen atoms in total. The topological polar surface area (TPSA) is 104 Å². The van der Waals surface area contributed by atoms with Crippen molar-refractivity contribution in [3.63, 3.8) is 0 Å². The molecule has 3 rings (SSSR count). The number of aliphatic hydroxyl groups is 1. The Hall–Kier alpha value is -1.85. The van der Waals surface area contributed by atoms with E-state index in [1.54, 1.807) is 0 Å². The second-order valence-corrected chi connectivity index (χ2v) is 10.00. The summed E-state index contributed by atoms with van der Waals surface area (Å²) in [7, 11) is -0.790. The van der Waals surface area contributed by atoms with E-state index in [-0.39, 0.29) is 36.0 Å². The van der Waals surface area contributed by atoms with Crippen LogP contribution in [-0.4, -0.2) is 67.0 Å². The summed E-state index contributed by atoms with van der Waals surface area (Å²) >= 11 is 3.40. The molecule has 0 spiro atoms. The standard InChI is InChI=1S/C19H22BrN3O5S/c1-21(29(27,28)18-6-4-3-5-15(18)23(25)26)11-16-19(17(12-24)22(16)2)13-7-9-14(20)10-8-13/h3-10,16-17,19,24H,11-12H2,1-2H3/t16-,17+,19+/m0/s1. The van der Waals surface area contributed by atoms with Gasteiger partial charge in [-0.15, -0.1) is 0 Å². The van der Waals surface area contributed by atoms with Gasteiger partial charge in [-0.2, -0.15) is 4.31 Å². The summed E-state index contributed by atoms with van der Waals surface area (Å²) in [6.07, 6.45) is 0. The molecule has 1 heterocycles. The maximum Gasteiger partial charge on any atom is 0.289 e. The number of benzene rings is 2. The summed E-state index contributed by atoms with van der Waals surface area (Å²) in [4.78, 5) is 12.2. The zero-order chi connectivity index (χ0) is 21.3. The fourth-order valence-corrected chi connectivity index (χ4v) is 5.48. The van der Waals surface area contributed by atoms with Gasteiger partial charge in [0.15, 0.2) is 4.90 Å². The Labute approximate surface area is 178 Å². The Bertz CT molecular complexity index is 999. The molecule has 0 bridgehead atoms. The molecule has 1 aliphatic rings. The molecule has 0 aromatic heterocycles. The lowest BCUT2D eigenvalue weighted by molar-refractivity contribution is -0.387. The smallest absolute Gasteiger partial charge is 0.289 e. The van der Waals surface area contributed by atoms with Crippen molar-refractivity contribution in [1.82, 2.24) is 9.21 Å². The van der Waals surface area contributed by atoms with Crippen molar-refractivity contribution in [3.05, 3.63) is 68.7 Å². The molecule has 0 aliphatic carbocycles. The van der Waals surface area contributed by atoms with Gasteiger partial charge in [0, 0.05) is 42.1 Å². The van der Waals surface area contributed by atoms with E-state index in [1.165, 1.54) is 31.3 Å². The lowest BCUT2D eigenvalue weighted by Crippen LogP contribution is -2.65. The number of halogens is 1. The van der Waals surface area contributed by atoms with E-state index < -0.39 is 20.6 Å². The van der Waals surface area contributed by atoms with Crippen LogP contribution in [0.1, 0.15) is 11.5 Å². The summed E-state index contributed by atoms with van der Waals surface area (Å²) in [5.41, 5.74) is 0.561. The van der Waals surface area contributed by atoms with E-state index in [1.807, 2.05) is 36.2 Å². The molecule has 0 saturated carbocycles. The minimum absolute atomic E-state index is 0.0473. The average Bonchev–Trinajstić information content (AvgIpc) is 2.70. The minimum Gasteiger partial charge on any atom is -0.395 e. The molecule has 0 unspecified atom stereocenters. The number of nitro groups is 1. The van der Waals surface area contributed by atoms with Gasteiger partial charge >= 0.3 is 0 Å². The summed E-state index contributed by atoms with van der Waals surface area (Å²) in [5.74, 6) is -0.0542. The first-order chi connectivity index (χ1) is 13.7. The fraction of sp³-hybridized carbons (Fsp3) is 0.368. The normalized spacial score (nSPS) is 22.4. The van der Waals surface area contributed by atoms with E-state index >= 15 is 0 Å².